The summed E-state index contributed by atoms with van der Waals surface area (Å²) in [5.74, 6) is 0.0143. The molecule has 2 aromatic rings. The maximum atomic E-state index is 13.0. The van der Waals surface area contributed by atoms with Crippen LogP contribution in [0.2, 0.25) is 10.0 Å². The number of hydrogen-bond acceptors (Lipinski definition) is 1. The van der Waals surface area contributed by atoms with E-state index >= 15 is 0 Å². The van der Waals surface area contributed by atoms with E-state index in [4.69, 9.17) is 23.2 Å². The van der Waals surface area contributed by atoms with Crippen LogP contribution >= 0.6 is 23.2 Å². The van der Waals surface area contributed by atoms with Crippen molar-refractivity contribution in [1.29, 1.82) is 0 Å². The van der Waals surface area contributed by atoms with Crippen LogP contribution in [0.15, 0.2) is 48.5 Å². The zero-order chi connectivity index (χ0) is 15.6. The molecule has 4 heteroatoms. The molecule has 0 atom stereocenters. The Labute approximate surface area is 140 Å². The zero-order valence-corrected chi connectivity index (χ0v) is 13.6. The van der Waals surface area contributed by atoms with Gasteiger partial charge < -0.3 is 5.32 Å². The molecule has 0 saturated heterocycles. The van der Waals surface area contributed by atoms with E-state index in [1.165, 1.54) is 0 Å². The van der Waals surface area contributed by atoms with Gasteiger partial charge in [-0.05, 0) is 42.7 Å². The maximum absolute atomic E-state index is 13.0. The number of para-hydroxylation sites is 1. The van der Waals surface area contributed by atoms with Crippen LogP contribution in [0.25, 0.3) is 0 Å². The van der Waals surface area contributed by atoms with E-state index in [-0.39, 0.29) is 5.91 Å². The van der Waals surface area contributed by atoms with E-state index in [0.29, 0.717) is 15.7 Å². The molecule has 0 aliphatic heterocycles. The summed E-state index contributed by atoms with van der Waals surface area (Å²) < 4.78 is 0. The van der Waals surface area contributed by atoms with Crippen LogP contribution in [0.1, 0.15) is 31.2 Å². The smallest absolute Gasteiger partial charge is 0.235 e. The second-order valence-electron chi connectivity index (χ2n) is 5.73. The minimum Gasteiger partial charge on any atom is -0.324 e. The highest BCUT2D eigenvalue weighted by Crippen LogP contribution is 2.42. The van der Waals surface area contributed by atoms with Gasteiger partial charge in [0.15, 0.2) is 0 Å². The van der Waals surface area contributed by atoms with Crippen LogP contribution < -0.4 is 5.32 Å². The molecule has 2 aromatic carbocycles. The number of benzene rings is 2. The summed E-state index contributed by atoms with van der Waals surface area (Å²) >= 11 is 12.1. The normalized spacial score (nSPS) is 16.5. The quantitative estimate of drug-likeness (QED) is 0.795. The molecular formula is C18H17Cl2NO. The number of rotatable bonds is 3. The monoisotopic (exact) mass is 333 g/mol. The minimum atomic E-state index is -0.482. The molecule has 114 valence electrons. The second-order valence-corrected chi connectivity index (χ2v) is 6.57. The average Bonchev–Trinajstić information content (AvgIpc) is 3.01. The van der Waals surface area contributed by atoms with Crippen molar-refractivity contribution in [3.05, 3.63) is 64.1 Å². The molecule has 0 aromatic heterocycles. The predicted molar refractivity (Wildman–Crippen MR) is 91.7 cm³/mol. The summed E-state index contributed by atoms with van der Waals surface area (Å²) in [5.41, 5.74) is 1.21. The lowest BCUT2D eigenvalue weighted by molar-refractivity contribution is -0.121. The lowest BCUT2D eigenvalue weighted by Gasteiger charge is -2.28. The van der Waals surface area contributed by atoms with Crippen LogP contribution in [0.5, 0.6) is 0 Å². The molecule has 2 nitrogen and oxygen atoms in total. The Balaban J connectivity index is 1.92. The Morgan fingerprint density at radius 1 is 0.955 bits per heavy atom. The number of halogens is 2. The van der Waals surface area contributed by atoms with Crippen molar-refractivity contribution >= 4 is 34.8 Å². The maximum Gasteiger partial charge on any atom is 0.235 e. The van der Waals surface area contributed by atoms with Crippen LogP contribution in [0.4, 0.5) is 5.69 Å². The van der Waals surface area contributed by atoms with Gasteiger partial charge in [0, 0.05) is 5.02 Å². The fourth-order valence-electron chi connectivity index (χ4n) is 3.20. The van der Waals surface area contributed by atoms with Gasteiger partial charge in [-0.3, -0.25) is 4.79 Å². The van der Waals surface area contributed by atoms with Crippen molar-refractivity contribution in [2.75, 3.05) is 5.32 Å². The molecule has 0 bridgehead atoms. The molecule has 1 N–H and O–H groups in total. The molecule has 22 heavy (non-hydrogen) atoms. The standard InChI is InChI=1S/C18H17Cl2NO/c19-14-9-7-13(8-10-14)18(11-3-4-12-18)17(22)21-16-6-2-1-5-15(16)20/h1-2,5-10H,3-4,11-12H2,(H,21,22). The van der Waals surface area contributed by atoms with Crippen molar-refractivity contribution < 1.29 is 4.79 Å². The average molecular weight is 334 g/mol. The Morgan fingerprint density at radius 3 is 2.23 bits per heavy atom. The van der Waals surface area contributed by atoms with E-state index in [0.717, 1.165) is 31.2 Å². The van der Waals surface area contributed by atoms with E-state index < -0.39 is 5.41 Å². The molecular weight excluding hydrogens is 317 g/mol. The highest BCUT2D eigenvalue weighted by atomic mass is 35.5. The highest BCUT2D eigenvalue weighted by molar-refractivity contribution is 6.33. The van der Waals surface area contributed by atoms with Gasteiger partial charge in [-0.15, -0.1) is 0 Å². The highest BCUT2D eigenvalue weighted by Gasteiger charge is 2.42. The van der Waals surface area contributed by atoms with E-state index in [1.807, 2.05) is 42.5 Å². The third kappa shape index (κ3) is 2.86. The third-order valence-electron chi connectivity index (χ3n) is 4.41. The topological polar surface area (TPSA) is 29.1 Å². The Hall–Kier alpha value is -1.51. The largest absolute Gasteiger partial charge is 0.324 e. The van der Waals surface area contributed by atoms with Crippen molar-refractivity contribution in [1.82, 2.24) is 0 Å². The van der Waals surface area contributed by atoms with Crippen molar-refractivity contribution in [3.8, 4) is 0 Å². The third-order valence-corrected chi connectivity index (χ3v) is 4.99. The molecule has 1 fully saturated rings. The number of hydrogen-bond donors (Lipinski definition) is 1. The molecule has 0 unspecified atom stereocenters. The van der Waals surface area contributed by atoms with Crippen LogP contribution in [0, 0.1) is 0 Å². The van der Waals surface area contributed by atoms with Gasteiger partial charge >= 0.3 is 0 Å². The number of carbonyl (C=O) groups excluding carboxylic acids is 1. The summed E-state index contributed by atoms with van der Waals surface area (Å²) in [5, 5.41) is 4.24. The van der Waals surface area contributed by atoms with Gasteiger partial charge in [0.1, 0.15) is 0 Å². The summed E-state index contributed by atoms with van der Waals surface area (Å²) in [6.07, 6.45) is 3.81. The summed E-state index contributed by atoms with van der Waals surface area (Å²) in [6.45, 7) is 0. The molecule has 0 heterocycles. The summed E-state index contributed by atoms with van der Waals surface area (Å²) in [4.78, 5) is 13.0. The number of nitrogens with one attached hydrogen (secondary N) is 1. The lowest BCUT2D eigenvalue weighted by Crippen LogP contribution is -2.38. The number of amides is 1. The molecule has 0 radical (unpaired) electrons. The molecule has 1 saturated carbocycles. The van der Waals surface area contributed by atoms with Gasteiger partial charge in [0.25, 0.3) is 0 Å². The van der Waals surface area contributed by atoms with Crippen LogP contribution in [-0.2, 0) is 10.2 Å². The van der Waals surface area contributed by atoms with Gasteiger partial charge in [0.05, 0.1) is 16.1 Å². The predicted octanol–water partition coefficient (Wildman–Crippen LogP) is 5.44. The van der Waals surface area contributed by atoms with Gasteiger partial charge in [-0.1, -0.05) is 60.3 Å². The first kappa shape index (κ1) is 15.4. The van der Waals surface area contributed by atoms with Gasteiger partial charge in [-0.2, -0.15) is 0 Å². The fourth-order valence-corrected chi connectivity index (χ4v) is 3.51. The number of anilines is 1. The first-order chi connectivity index (χ1) is 10.6. The summed E-state index contributed by atoms with van der Waals surface area (Å²) in [6, 6.07) is 14.9. The van der Waals surface area contributed by atoms with Gasteiger partial charge in [0.2, 0.25) is 5.91 Å². The van der Waals surface area contributed by atoms with Gasteiger partial charge in [-0.25, -0.2) is 0 Å². The molecule has 1 aliphatic carbocycles. The van der Waals surface area contributed by atoms with E-state index in [1.54, 1.807) is 6.07 Å². The SMILES string of the molecule is O=C(Nc1ccccc1Cl)C1(c2ccc(Cl)cc2)CCCC1. The van der Waals surface area contributed by atoms with E-state index in [9.17, 15) is 4.79 Å². The first-order valence-corrected chi connectivity index (χ1v) is 8.19. The van der Waals surface area contributed by atoms with Crippen LogP contribution in [-0.4, -0.2) is 5.91 Å². The Kier molecular flexibility index (Phi) is 4.42. The Bertz CT molecular complexity index is 676. The molecule has 1 amide bonds. The van der Waals surface area contributed by atoms with Crippen molar-refractivity contribution in [3.63, 3.8) is 0 Å². The van der Waals surface area contributed by atoms with Crippen molar-refractivity contribution in [2.24, 2.45) is 0 Å². The fraction of sp³-hybridized carbons (Fsp3) is 0.278. The lowest BCUT2D eigenvalue weighted by atomic mass is 9.78. The first-order valence-electron chi connectivity index (χ1n) is 7.44. The molecule has 1 aliphatic rings. The zero-order valence-electron chi connectivity index (χ0n) is 12.1. The molecule has 0 spiro atoms. The number of carbonyl (C=O) groups is 1. The molecule has 3 rings (SSSR count). The summed E-state index contributed by atoms with van der Waals surface area (Å²) in [7, 11) is 0. The van der Waals surface area contributed by atoms with Crippen LogP contribution in [0.3, 0.4) is 0 Å². The Morgan fingerprint density at radius 2 is 1.59 bits per heavy atom. The van der Waals surface area contributed by atoms with Crippen molar-refractivity contribution in [2.45, 2.75) is 31.1 Å². The second kappa shape index (κ2) is 6.31. The van der Waals surface area contributed by atoms with E-state index in [2.05, 4.69) is 5.32 Å². The minimum absolute atomic E-state index is 0.0143.